The molecule has 2 N–H and O–H groups in total. The zero-order valence-corrected chi connectivity index (χ0v) is 21.3. The van der Waals surface area contributed by atoms with Gasteiger partial charge in [-0.2, -0.15) is 0 Å². The Labute approximate surface area is 213 Å². The number of nitrogens with zero attached hydrogens (tertiary/aromatic N) is 1. The third-order valence-corrected chi connectivity index (χ3v) is 8.23. The number of nitrogens with one attached hydrogen (secondary N) is 2. The van der Waals surface area contributed by atoms with Crippen LogP contribution in [0.4, 0.5) is 0 Å². The number of amides is 1. The van der Waals surface area contributed by atoms with E-state index in [0.29, 0.717) is 23.0 Å². The molecule has 2 unspecified atom stereocenters. The van der Waals surface area contributed by atoms with Crippen molar-refractivity contribution in [2.75, 3.05) is 0 Å². The Bertz CT molecular complexity index is 1250. The van der Waals surface area contributed by atoms with Crippen molar-refractivity contribution in [1.82, 2.24) is 15.3 Å². The molecular formula is C31H37N3O2. The van der Waals surface area contributed by atoms with Crippen LogP contribution in [-0.2, 0) is 0 Å². The van der Waals surface area contributed by atoms with Gasteiger partial charge in [-0.15, -0.1) is 0 Å². The summed E-state index contributed by atoms with van der Waals surface area (Å²) in [6, 6.07) is 13.5. The van der Waals surface area contributed by atoms with Gasteiger partial charge in [0, 0.05) is 22.7 Å². The van der Waals surface area contributed by atoms with Gasteiger partial charge in [0.05, 0.1) is 11.0 Å². The summed E-state index contributed by atoms with van der Waals surface area (Å²) in [6.07, 6.45) is 11.7. The Morgan fingerprint density at radius 3 is 2.28 bits per heavy atom. The highest BCUT2D eigenvalue weighted by Crippen LogP contribution is 2.31. The fourth-order valence-electron chi connectivity index (χ4n) is 5.85. The molecule has 1 aromatic heterocycles. The van der Waals surface area contributed by atoms with Gasteiger partial charge in [-0.25, -0.2) is 4.98 Å². The Morgan fingerprint density at radius 1 is 0.889 bits per heavy atom. The van der Waals surface area contributed by atoms with Gasteiger partial charge in [-0.1, -0.05) is 64.2 Å². The summed E-state index contributed by atoms with van der Waals surface area (Å²) in [4.78, 5) is 34.0. The summed E-state index contributed by atoms with van der Waals surface area (Å²) in [6.45, 7) is 6.41. The molecule has 5 rings (SSSR count). The van der Waals surface area contributed by atoms with Gasteiger partial charge in [0.15, 0.2) is 5.78 Å². The number of benzene rings is 2. The predicted octanol–water partition coefficient (Wildman–Crippen LogP) is 7.25. The van der Waals surface area contributed by atoms with Gasteiger partial charge in [-0.3, -0.25) is 9.59 Å². The first-order valence-corrected chi connectivity index (χ1v) is 13.6. The average molecular weight is 484 g/mol. The van der Waals surface area contributed by atoms with Crippen LogP contribution in [0.1, 0.15) is 91.8 Å². The maximum atomic E-state index is 13.2. The second-order valence-electron chi connectivity index (χ2n) is 10.8. The van der Waals surface area contributed by atoms with Crippen molar-refractivity contribution in [3.63, 3.8) is 0 Å². The standard InChI is InChI=1S/C31H37N3O2/c1-20-9-7-8-12-26(20)34-31(36)24-15-13-23(14-16-24)30-32-27-18-17-25(19-28(27)33-30)29(35)21(2)22-10-5-3-4-6-11-22/h13-20,22,26H,2-12H2,1H3,(H,32,33)(H,34,36). The Morgan fingerprint density at radius 2 is 1.56 bits per heavy atom. The summed E-state index contributed by atoms with van der Waals surface area (Å²) in [5, 5.41) is 3.22. The smallest absolute Gasteiger partial charge is 0.251 e. The molecule has 2 atom stereocenters. The number of Topliss-reactive ketones (excluding diaryl/α,β-unsaturated/α-hetero) is 1. The molecule has 0 aliphatic heterocycles. The molecule has 0 saturated heterocycles. The number of allylic oxidation sites excluding steroid dienone is 1. The molecule has 2 saturated carbocycles. The third kappa shape index (κ3) is 5.30. The average Bonchev–Trinajstić information content (AvgIpc) is 3.14. The van der Waals surface area contributed by atoms with E-state index in [4.69, 9.17) is 4.98 Å². The first kappa shape index (κ1) is 24.5. The predicted molar refractivity (Wildman–Crippen MR) is 145 cm³/mol. The molecule has 2 aliphatic rings. The van der Waals surface area contributed by atoms with Crippen molar-refractivity contribution >= 4 is 22.7 Å². The van der Waals surface area contributed by atoms with Crippen LogP contribution in [0.15, 0.2) is 54.6 Å². The van der Waals surface area contributed by atoms with Crippen molar-refractivity contribution in [2.45, 2.75) is 77.2 Å². The van der Waals surface area contributed by atoms with Gasteiger partial charge in [0.2, 0.25) is 0 Å². The maximum Gasteiger partial charge on any atom is 0.251 e. The van der Waals surface area contributed by atoms with E-state index in [2.05, 4.69) is 23.8 Å². The lowest BCUT2D eigenvalue weighted by Gasteiger charge is -2.29. The second-order valence-corrected chi connectivity index (χ2v) is 10.8. The summed E-state index contributed by atoms with van der Waals surface area (Å²) in [5.41, 5.74) is 4.62. The van der Waals surface area contributed by atoms with Crippen LogP contribution < -0.4 is 5.32 Å². The minimum atomic E-state index is -0.0121. The number of hydrogen-bond donors (Lipinski definition) is 2. The number of carbonyl (C=O) groups excluding carboxylic acids is 2. The van der Waals surface area contributed by atoms with Crippen LogP contribution in [0.5, 0.6) is 0 Å². The molecule has 5 nitrogen and oxygen atoms in total. The molecule has 188 valence electrons. The van der Waals surface area contributed by atoms with Crippen molar-refractivity contribution in [2.24, 2.45) is 11.8 Å². The lowest BCUT2D eigenvalue weighted by atomic mass is 9.86. The van der Waals surface area contributed by atoms with Crippen LogP contribution in [-0.4, -0.2) is 27.7 Å². The Kier molecular flexibility index (Phi) is 7.35. The number of imidazole rings is 1. The minimum absolute atomic E-state index is 0.0121. The molecule has 0 spiro atoms. The number of rotatable bonds is 6. The van der Waals surface area contributed by atoms with E-state index >= 15 is 0 Å². The summed E-state index contributed by atoms with van der Waals surface area (Å²) in [5.74, 6) is 1.58. The molecule has 1 heterocycles. The van der Waals surface area contributed by atoms with E-state index in [1.807, 2.05) is 42.5 Å². The Balaban J connectivity index is 1.29. The van der Waals surface area contributed by atoms with Crippen molar-refractivity contribution in [1.29, 1.82) is 0 Å². The van der Waals surface area contributed by atoms with Gasteiger partial charge in [0.25, 0.3) is 5.91 Å². The number of fused-ring (bicyclic) bond motifs is 1. The van der Waals surface area contributed by atoms with E-state index in [1.54, 1.807) is 0 Å². The monoisotopic (exact) mass is 483 g/mol. The molecule has 5 heteroatoms. The molecule has 2 fully saturated rings. The number of aromatic nitrogens is 2. The molecule has 2 aliphatic carbocycles. The van der Waals surface area contributed by atoms with E-state index in [0.717, 1.165) is 47.3 Å². The van der Waals surface area contributed by atoms with Crippen molar-refractivity contribution < 1.29 is 9.59 Å². The first-order chi connectivity index (χ1) is 17.5. The zero-order chi connectivity index (χ0) is 25.1. The summed E-state index contributed by atoms with van der Waals surface area (Å²) < 4.78 is 0. The number of H-pyrrole nitrogens is 1. The van der Waals surface area contributed by atoms with E-state index in [1.165, 1.54) is 44.9 Å². The van der Waals surface area contributed by atoms with Gasteiger partial charge >= 0.3 is 0 Å². The second kappa shape index (κ2) is 10.8. The SMILES string of the molecule is C=C(C(=O)c1ccc2nc(-c3ccc(C(=O)NC4CCCCC4C)cc3)[nH]c2c1)C1CCCCCC1. The van der Waals surface area contributed by atoms with E-state index < -0.39 is 0 Å². The maximum absolute atomic E-state index is 13.2. The molecule has 2 aromatic carbocycles. The summed E-state index contributed by atoms with van der Waals surface area (Å²) >= 11 is 0. The van der Waals surface area contributed by atoms with Crippen LogP contribution in [0, 0.1) is 11.8 Å². The number of aromatic amines is 1. The molecule has 3 aromatic rings. The lowest BCUT2D eigenvalue weighted by Crippen LogP contribution is -2.41. The molecule has 0 bridgehead atoms. The highest BCUT2D eigenvalue weighted by atomic mass is 16.1. The van der Waals surface area contributed by atoms with E-state index in [-0.39, 0.29) is 17.7 Å². The quantitative estimate of drug-likeness (QED) is 0.220. The third-order valence-electron chi connectivity index (χ3n) is 8.23. The van der Waals surface area contributed by atoms with Gasteiger partial charge < -0.3 is 10.3 Å². The van der Waals surface area contributed by atoms with Crippen LogP contribution >= 0.6 is 0 Å². The molecule has 1 amide bonds. The van der Waals surface area contributed by atoms with Gasteiger partial charge in [0.1, 0.15) is 5.82 Å². The minimum Gasteiger partial charge on any atom is -0.349 e. The van der Waals surface area contributed by atoms with Crippen molar-refractivity contribution in [3.8, 4) is 11.4 Å². The first-order valence-electron chi connectivity index (χ1n) is 13.6. The highest BCUT2D eigenvalue weighted by molar-refractivity contribution is 6.10. The normalized spacial score (nSPS) is 21.1. The largest absolute Gasteiger partial charge is 0.349 e. The fourth-order valence-corrected chi connectivity index (χ4v) is 5.85. The zero-order valence-electron chi connectivity index (χ0n) is 21.3. The number of ketones is 1. The molecular weight excluding hydrogens is 446 g/mol. The van der Waals surface area contributed by atoms with Crippen molar-refractivity contribution in [3.05, 3.63) is 65.7 Å². The summed E-state index contributed by atoms with van der Waals surface area (Å²) in [7, 11) is 0. The number of hydrogen-bond acceptors (Lipinski definition) is 3. The molecule has 0 radical (unpaired) electrons. The fraction of sp³-hybridized carbons (Fsp3) is 0.452. The molecule has 36 heavy (non-hydrogen) atoms. The van der Waals surface area contributed by atoms with Crippen LogP contribution in [0.2, 0.25) is 0 Å². The topological polar surface area (TPSA) is 74.8 Å². The van der Waals surface area contributed by atoms with Gasteiger partial charge in [-0.05, 0) is 73.4 Å². The Hall–Kier alpha value is -3.21. The van der Waals surface area contributed by atoms with Crippen LogP contribution in [0.3, 0.4) is 0 Å². The number of carbonyl (C=O) groups is 2. The lowest BCUT2D eigenvalue weighted by molar-refractivity contribution is 0.0909. The van der Waals surface area contributed by atoms with Crippen LogP contribution in [0.25, 0.3) is 22.4 Å². The highest BCUT2D eigenvalue weighted by Gasteiger charge is 2.24. The van der Waals surface area contributed by atoms with E-state index in [9.17, 15) is 9.59 Å².